The Kier molecular flexibility index (Phi) is 8.14. The lowest BCUT2D eigenvalue weighted by Crippen LogP contribution is -2.21. The lowest BCUT2D eigenvalue weighted by molar-refractivity contribution is -0.384. The number of nitro benzene ring substituents is 1. The number of nitrogens with zero attached hydrogens (tertiary/aromatic N) is 4. The molecule has 10 nitrogen and oxygen atoms in total. The summed E-state index contributed by atoms with van der Waals surface area (Å²) in [7, 11) is 1.57. The Morgan fingerprint density at radius 2 is 1.88 bits per heavy atom. The number of aromatic nitrogens is 3. The predicted octanol–water partition coefficient (Wildman–Crippen LogP) is 3.23. The van der Waals surface area contributed by atoms with Gasteiger partial charge in [0.05, 0.1) is 23.5 Å². The normalized spacial score (nSPS) is 10.6. The van der Waals surface area contributed by atoms with Gasteiger partial charge in [0.15, 0.2) is 10.9 Å². The van der Waals surface area contributed by atoms with E-state index in [9.17, 15) is 19.7 Å². The maximum Gasteiger partial charge on any atom is 0.269 e. The van der Waals surface area contributed by atoms with Gasteiger partial charge in [-0.2, -0.15) is 0 Å². The molecule has 1 N–H and O–H groups in total. The molecule has 1 heterocycles. The molecule has 172 valence electrons. The third-order valence-electron chi connectivity index (χ3n) is 4.71. The van der Waals surface area contributed by atoms with Gasteiger partial charge in [-0.15, -0.1) is 10.2 Å². The Morgan fingerprint density at radius 1 is 1.15 bits per heavy atom. The van der Waals surface area contributed by atoms with Crippen molar-refractivity contribution in [3.8, 4) is 11.4 Å². The monoisotopic (exact) mass is 469 g/mol. The number of methoxy groups -OCH3 is 1. The molecule has 1 aromatic heterocycles. The van der Waals surface area contributed by atoms with Crippen LogP contribution in [0.2, 0.25) is 0 Å². The number of rotatable bonds is 11. The fraction of sp³-hybridized carbons (Fsp3) is 0.273. The second-order valence-electron chi connectivity index (χ2n) is 7.01. The summed E-state index contributed by atoms with van der Waals surface area (Å²) in [5.74, 6) is 1.11. The van der Waals surface area contributed by atoms with Gasteiger partial charge in [-0.3, -0.25) is 24.3 Å². The zero-order valence-corrected chi connectivity index (χ0v) is 19.0. The summed E-state index contributed by atoms with van der Waals surface area (Å²) in [5, 5.41) is 22.7. The second-order valence-corrected chi connectivity index (χ2v) is 7.95. The van der Waals surface area contributed by atoms with Crippen LogP contribution in [0, 0.1) is 10.1 Å². The number of aryl methyl sites for hydroxylation is 1. The van der Waals surface area contributed by atoms with Gasteiger partial charge >= 0.3 is 0 Å². The van der Waals surface area contributed by atoms with Crippen LogP contribution in [0.5, 0.6) is 5.75 Å². The molecule has 3 rings (SSSR count). The predicted molar refractivity (Wildman–Crippen MR) is 123 cm³/mol. The first-order valence-corrected chi connectivity index (χ1v) is 11.1. The van der Waals surface area contributed by atoms with Crippen molar-refractivity contribution in [2.45, 2.75) is 24.9 Å². The highest BCUT2D eigenvalue weighted by molar-refractivity contribution is 7.99. The number of thioether (sulfide) groups is 1. The summed E-state index contributed by atoms with van der Waals surface area (Å²) < 4.78 is 7.34. The van der Waals surface area contributed by atoms with E-state index in [4.69, 9.17) is 4.74 Å². The van der Waals surface area contributed by atoms with E-state index in [1.807, 2.05) is 28.8 Å². The molecule has 1 amide bonds. The number of Topliss-reactive ketones (excluding diaryl/α,β-unsaturated/α-hetero) is 1. The Balaban J connectivity index is 1.81. The maximum atomic E-state index is 12.6. The van der Waals surface area contributed by atoms with Crippen LogP contribution in [0.4, 0.5) is 5.69 Å². The Bertz CT molecular complexity index is 1150. The maximum absolute atomic E-state index is 12.6. The molecule has 33 heavy (non-hydrogen) atoms. The van der Waals surface area contributed by atoms with E-state index in [0.29, 0.717) is 41.7 Å². The number of hydrogen-bond acceptors (Lipinski definition) is 8. The summed E-state index contributed by atoms with van der Waals surface area (Å²) in [4.78, 5) is 34.1. The van der Waals surface area contributed by atoms with Crippen LogP contribution in [-0.2, 0) is 11.2 Å². The van der Waals surface area contributed by atoms with Gasteiger partial charge in [-0.1, -0.05) is 23.9 Å². The number of para-hydroxylation sites is 2. The topological polar surface area (TPSA) is 129 Å². The average molecular weight is 470 g/mol. The van der Waals surface area contributed by atoms with Gasteiger partial charge in [0.25, 0.3) is 5.69 Å². The van der Waals surface area contributed by atoms with Crippen molar-refractivity contribution < 1.29 is 19.2 Å². The van der Waals surface area contributed by atoms with Crippen LogP contribution < -0.4 is 10.1 Å². The first-order valence-electron chi connectivity index (χ1n) is 10.1. The third kappa shape index (κ3) is 6.16. The van der Waals surface area contributed by atoms with Crippen LogP contribution >= 0.6 is 11.8 Å². The molecule has 3 aromatic rings. The first-order chi connectivity index (χ1) is 15.9. The minimum absolute atomic E-state index is 0.0703. The lowest BCUT2D eigenvalue weighted by atomic mass is 10.1. The standard InChI is InChI=1S/C22H23N5O5S/c1-15(28)23-13-5-8-21-24-25-22(26(21)18-6-3-4-7-20(18)32-2)33-14-19(29)16-9-11-17(12-10-16)27(30)31/h3-4,6-7,9-12H,5,8,13-14H2,1-2H3,(H,23,28). The van der Waals surface area contributed by atoms with E-state index < -0.39 is 4.92 Å². The van der Waals surface area contributed by atoms with Gasteiger partial charge in [-0.05, 0) is 30.7 Å². The van der Waals surface area contributed by atoms with Crippen LogP contribution in [0.3, 0.4) is 0 Å². The number of hydrogen-bond donors (Lipinski definition) is 1. The first kappa shape index (κ1) is 23.9. The molecule has 0 aliphatic heterocycles. The van der Waals surface area contributed by atoms with E-state index in [0.717, 1.165) is 5.69 Å². The smallest absolute Gasteiger partial charge is 0.269 e. The molecule has 0 aliphatic carbocycles. The quantitative estimate of drug-likeness (QED) is 0.149. The molecule has 0 radical (unpaired) electrons. The van der Waals surface area contributed by atoms with Gasteiger partial charge in [-0.25, -0.2) is 0 Å². The van der Waals surface area contributed by atoms with Crippen molar-refractivity contribution >= 4 is 29.1 Å². The number of benzene rings is 2. The van der Waals surface area contributed by atoms with Gasteiger partial charge < -0.3 is 10.1 Å². The number of non-ortho nitro benzene ring substituents is 1. The molecule has 0 aliphatic rings. The van der Waals surface area contributed by atoms with Crippen LogP contribution in [0.1, 0.15) is 29.5 Å². The zero-order valence-electron chi connectivity index (χ0n) is 18.2. The SMILES string of the molecule is COc1ccccc1-n1c(CCCNC(C)=O)nnc1SCC(=O)c1ccc([N+](=O)[O-])cc1. The Morgan fingerprint density at radius 3 is 2.55 bits per heavy atom. The summed E-state index contributed by atoms with van der Waals surface area (Å²) in [6, 6.07) is 12.9. The summed E-state index contributed by atoms with van der Waals surface area (Å²) in [6.45, 7) is 1.98. The highest BCUT2D eigenvalue weighted by Gasteiger charge is 2.19. The molecule has 2 aromatic carbocycles. The molecular weight excluding hydrogens is 446 g/mol. The number of nitrogens with one attached hydrogen (secondary N) is 1. The highest BCUT2D eigenvalue weighted by Crippen LogP contribution is 2.29. The van der Waals surface area contributed by atoms with Crippen molar-refractivity contribution in [2.24, 2.45) is 0 Å². The van der Waals surface area contributed by atoms with Crippen molar-refractivity contribution in [1.82, 2.24) is 20.1 Å². The molecule has 0 saturated carbocycles. The van der Waals surface area contributed by atoms with Crippen LogP contribution in [-0.4, -0.2) is 50.8 Å². The molecule has 11 heteroatoms. The van der Waals surface area contributed by atoms with Gasteiger partial charge in [0.2, 0.25) is 5.91 Å². The lowest BCUT2D eigenvalue weighted by Gasteiger charge is -2.13. The van der Waals surface area contributed by atoms with Crippen LogP contribution in [0.15, 0.2) is 53.7 Å². The number of carbonyl (C=O) groups is 2. The van der Waals surface area contributed by atoms with E-state index in [1.165, 1.54) is 43.0 Å². The molecule has 0 saturated heterocycles. The number of nitro groups is 1. The minimum atomic E-state index is -0.508. The van der Waals surface area contributed by atoms with Crippen molar-refractivity contribution in [3.05, 3.63) is 70.0 Å². The highest BCUT2D eigenvalue weighted by atomic mass is 32.2. The fourth-order valence-corrected chi connectivity index (χ4v) is 3.96. The third-order valence-corrected chi connectivity index (χ3v) is 5.64. The van der Waals surface area contributed by atoms with Crippen molar-refractivity contribution in [1.29, 1.82) is 0 Å². The number of ketones is 1. The summed E-state index contributed by atoms with van der Waals surface area (Å²) in [6.07, 6.45) is 1.22. The Hall–Kier alpha value is -3.73. The van der Waals surface area contributed by atoms with Crippen molar-refractivity contribution in [3.63, 3.8) is 0 Å². The average Bonchev–Trinajstić information content (AvgIpc) is 3.22. The largest absolute Gasteiger partial charge is 0.495 e. The fourth-order valence-electron chi connectivity index (χ4n) is 3.11. The van der Waals surface area contributed by atoms with Crippen molar-refractivity contribution in [2.75, 3.05) is 19.4 Å². The number of amides is 1. The number of carbonyl (C=O) groups excluding carboxylic acids is 2. The minimum Gasteiger partial charge on any atom is -0.495 e. The van der Waals surface area contributed by atoms with E-state index in [1.54, 1.807) is 7.11 Å². The molecule has 0 fully saturated rings. The zero-order chi connectivity index (χ0) is 23.8. The van der Waals surface area contributed by atoms with Gasteiger partial charge in [0, 0.05) is 37.6 Å². The van der Waals surface area contributed by atoms with Crippen LogP contribution in [0.25, 0.3) is 5.69 Å². The molecular formula is C22H23N5O5S. The van der Waals surface area contributed by atoms with E-state index in [-0.39, 0.29) is 23.1 Å². The van der Waals surface area contributed by atoms with Gasteiger partial charge in [0.1, 0.15) is 11.6 Å². The Labute approximate surface area is 194 Å². The molecule has 0 atom stereocenters. The molecule has 0 spiro atoms. The summed E-state index contributed by atoms with van der Waals surface area (Å²) in [5.41, 5.74) is 1.05. The summed E-state index contributed by atoms with van der Waals surface area (Å²) >= 11 is 1.22. The van der Waals surface area contributed by atoms with E-state index >= 15 is 0 Å². The molecule has 0 unspecified atom stereocenters. The molecule has 0 bridgehead atoms. The second kappa shape index (κ2) is 11.2. The number of ether oxygens (including phenoxy) is 1. The van der Waals surface area contributed by atoms with E-state index in [2.05, 4.69) is 15.5 Å².